The van der Waals surface area contributed by atoms with Gasteiger partial charge in [-0.1, -0.05) is 0 Å². The molecule has 0 aliphatic rings. The number of H-pyrrole nitrogens is 1. The first-order valence-corrected chi connectivity index (χ1v) is 4.73. The Kier molecular flexibility index (Phi) is 2.77. The van der Waals surface area contributed by atoms with Crippen molar-refractivity contribution in [3.05, 3.63) is 12.5 Å². The first-order valence-electron chi connectivity index (χ1n) is 4.73. The molecule has 0 radical (unpaired) electrons. The highest BCUT2D eigenvalue weighted by atomic mass is 16.7. The van der Waals surface area contributed by atoms with Gasteiger partial charge in [0.25, 0.3) is 0 Å². The van der Waals surface area contributed by atoms with Crippen molar-refractivity contribution in [2.24, 2.45) is 0 Å². The predicted molar refractivity (Wildman–Crippen MR) is 53.4 cm³/mol. The Morgan fingerprint density at radius 2 is 2.33 bits per heavy atom. The van der Waals surface area contributed by atoms with Gasteiger partial charge in [-0.15, -0.1) is 0 Å². The van der Waals surface area contributed by atoms with Gasteiger partial charge in [0.2, 0.25) is 5.88 Å². The molecular weight excluding hydrogens is 196 g/mol. The minimum Gasteiger partial charge on any atom is -0.447 e. The normalized spacial score (nSPS) is 12.9. The summed E-state index contributed by atoms with van der Waals surface area (Å²) in [6.45, 7) is 4.32. The number of nitrogens with zero attached hydrogens (tertiary/aromatic N) is 3. The van der Waals surface area contributed by atoms with E-state index in [4.69, 9.17) is 9.47 Å². The lowest BCUT2D eigenvalue weighted by molar-refractivity contribution is -0.0628. The van der Waals surface area contributed by atoms with E-state index in [-0.39, 0.29) is 6.29 Å². The molecule has 0 bridgehead atoms. The average molecular weight is 208 g/mol. The average Bonchev–Trinajstić information content (AvgIpc) is 2.67. The van der Waals surface area contributed by atoms with E-state index < -0.39 is 0 Å². The third-order valence-corrected chi connectivity index (χ3v) is 1.89. The lowest BCUT2D eigenvalue weighted by Gasteiger charge is -2.13. The van der Waals surface area contributed by atoms with E-state index in [2.05, 4.69) is 20.2 Å². The molecule has 2 rings (SSSR count). The molecule has 0 saturated carbocycles. The van der Waals surface area contributed by atoms with Crippen LogP contribution in [0.25, 0.3) is 11.0 Å². The highest BCUT2D eigenvalue weighted by molar-refractivity contribution is 5.78. The van der Waals surface area contributed by atoms with Crippen LogP contribution in [0, 0.1) is 0 Å². The van der Waals surface area contributed by atoms with Crippen LogP contribution in [-0.4, -0.2) is 33.1 Å². The molecule has 0 aromatic carbocycles. The van der Waals surface area contributed by atoms with Crippen molar-refractivity contribution < 1.29 is 9.47 Å². The van der Waals surface area contributed by atoms with Crippen molar-refractivity contribution in [2.45, 2.75) is 20.1 Å². The second kappa shape index (κ2) is 4.22. The molecule has 2 heterocycles. The zero-order chi connectivity index (χ0) is 10.7. The van der Waals surface area contributed by atoms with Crippen molar-refractivity contribution in [2.75, 3.05) is 6.61 Å². The van der Waals surface area contributed by atoms with Crippen molar-refractivity contribution in [3.63, 3.8) is 0 Å². The highest BCUT2D eigenvalue weighted by Crippen LogP contribution is 2.19. The first-order chi connectivity index (χ1) is 7.31. The summed E-state index contributed by atoms with van der Waals surface area (Å²) in [5.74, 6) is 0.481. The minimum atomic E-state index is -0.331. The van der Waals surface area contributed by atoms with Gasteiger partial charge >= 0.3 is 0 Å². The van der Waals surface area contributed by atoms with Gasteiger partial charge in [-0.25, -0.2) is 9.97 Å². The Balaban J connectivity index is 2.23. The van der Waals surface area contributed by atoms with Crippen LogP contribution >= 0.6 is 0 Å². The van der Waals surface area contributed by atoms with Crippen LogP contribution in [0.5, 0.6) is 5.88 Å². The molecule has 0 aliphatic carbocycles. The molecule has 0 saturated heterocycles. The van der Waals surface area contributed by atoms with Gasteiger partial charge < -0.3 is 9.47 Å². The van der Waals surface area contributed by atoms with Crippen molar-refractivity contribution >= 4 is 11.0 Å². The van der Waals surface area contributed by atoms with Gasteiger partial charge in [0, 0.05) is 6.61 Å². The molecule has 0 amide bonds. The number of nitrogens with one attached hydrogen (secondary N) is 1. The zero-order valence-corrected chi connectivity index (χ0v) is 8.60. The maximum atomic E-state index is 5.49. The van der Waals surface area contributed by atoms with Crippen LogP contribution in [0.4, 0.5) is 0 Å². The number of fused-ring (bicyclic) bond motifs is 1. The molecule has 1 N–H and O–H groups in total. The third-order valence-electron chi connectivity index (χ3n) is 1.89. The smallest absolute Gasteiger partial charge is 0.230 e. The third kappa shape index (κ3) is 2.04. The molecule has 6 heteroatoms. The lowest BCUT2D eigenvalue weighted by Crippen LogP contribution is -2.16. The van der Waals surface area contributed by atoms with Gasteiger partial charge in [0.05, 0.1) is 6.20 Å². The molecular formula is C9H12N4O2. The maximum Gasteiger partial charge on any atom is 0.230 e. The Bertz CT molecular complexity index is 442. The fraction of sp³-hybridized carbons (Fsp3) is 0.444. The van der Waals surface area contributed by atoms with Crippen LogP contribution in [0.3, 0.4) is 0 Å². The van der Waals surface area contributed by atoms with E-state index in [1.165, 1.54) is 6.33 Å². The molecule has 6 nitrogen and oxygen atoms in total. The van der Waals surface area contributed by atoms with Crippen LogP contribution < -0.4 is 4.74 Å². The van der Waals surface area contributed by atoms with E-state index in [1.807, 2.05) is 13.8 Å². The Hall–Kier alpha value is -1.69. The predicted octanol–water partition coefficient (Wildman–Crippen LogP) is 1.11. The van der Waals surface area contributed by atoms with Crippen LogP contribution in [0.2, 0.25) is 0 Å². The quantitative estimate of drug-likeness (QED) is 0.762. The van der Waals surface area contributed by atoms with E-state index in [0.717, 1.165) is 5.39 Å². The van der Waals surface area contributed by atoms with Gasteiger partial charge in [0.1, 0.15) is 11.7 Å². The number of aromatic amines is 1. The van der Waals surface area contributed by atoms with Crippen molar-refractivity contribution in [3.8, 4) is 5.88 Å². The number of hydrogen-bond donors (Lipinski definition) is 1. The molecule has 80 valence electrons. The number of aromatic nitrogens is 4. The second-order valence-corrected chi connectivity index (χ2v) is 2.95. The number of rotatable bonds is 4. The summed E-state index contributed by atoms with van der Waals surface area (Å²) in [6, 6.07) is 0. The summed E-state index contributed by atoms with van der Waals surface area (Å²) in [6.07, 6.45) is 2.72. The summed E-state index contributed by atoms with van der Waals surface area (Å²) in [5, 5.41) is 7.36. The summed E-state index contributed by atoms with van der Waals surface area (Å²) in [5.41, 5.74) is 0.656. The van der Waals surface area contributed by atoms with Gasteiger partial charge in [0.15, 0.2) is 11.9 Å². The molecule has 1 atom stereocenters. The zero-order valence-electron chi connectivity index (χ0n) is 8.60. The first kappa shape index (κ1) is 9.85. The molecule has 2 aromatic rings. The fourth-order valence-corrected chi connectivity index (χ4v) is 1.26. The lowest BCUT2D eigenvalue weighted by atomic mass is 10.4. The van der Waals surface area contributed by atoms with Crippen LogP contribution in [-0.2, 0) is 4.74 Å². The fourth-order valence-electron chi connectivity index (χ4n) is 1.26. The van der Waals surface area contributed by atoms with E-state index in [9.17, 15) is 0 Å². The van der Waals surface area contributed by atoms with Crippen LogP contribution in [0.15, 0.2) is 12.5 Å². The largest absolute Gasteiger partial charge is 0.447 e. The molecule has 0 unspecified atom stereocenters. The molecule has 0 fully saturated rings. The summed E-state index contributed by atoms with van der Waals surface area (Å²) < 4.78 is 10.8. The molecule has 0 aliphatic heterocycles. The van der Waals surface area contributed by atoms with Gasteiger partial charge in [-0.05, 0) is 13.8 Å². The Morgan fingerprint density at radius 1 is 1.47 bits per heavy atom. The van der Waals surface area contributed by atoms with E-state index in [1.54, 1.807) is 6.20 Å². The minimum absolute atomic E-state index is 0.331. The van der Waals surface area contributed by atoms with Crippen molar-refractivity contribution in [1.29, 1.82) is 0 Å². The monoisotopic (exact) mass is 208 g/mol. The number of ether oxygens (including phenoxy) is 2. The molecule has 2 aromatic heterocycles. The Labute approximate surface area is 86.6 Å². The SMILES string of the molecule is CCO[C@@H](C)Oc1ncnc2[nH]ncc12. The summed E-state index contributed by atoms with van der Waals surface area (Å²) >= 11 is 0. The maximum absolute atomic E-state index is 5.49. The summed E-state index contributed by atoms with van der Waals surface area (Å²) in [4.78, 5) is 8.03. The molecule has 15 heavy (non-hydrogen) atoms. The number of hydrogen-bond acceptors (Lipinski definition) is 5. The van der Waals surface area contributed by atoms with Crippen LogP contribution in [0.1, 0.15) is 13.8 Å². The van der Waals surface area contributed by atoms with E-state index in [0.29, 0.717) is 18.1 Å². The standard InChI is InChI=1S/C9H12N4O2/c1-3-14-6(2)15-9-7-4-12-13-8(7)10-5-11-9/h4-6H,3H2,1-2H3,(H,10,11,12,13)/t6-/m1/s1. The van der Waals surface area contributed by atoms with Crippen molar-refractivity contribution in [1.82, 2.24) is 20.2 Å². The Morgan fingerprint density at radius 3 is 3.13 bits per heavy atom. The summed E-state index contributed by atoms with van der Waals surface area (Å²) in [7, 11) is 0. The molecule has 0 spiro atoms. The second-order valence-electron chi connectivity index (χ2n) is 2.95. The highest BCUT2D eigenvalue weighted by Gasteiger charge is 2.09. The van der Waals surface area contributed by atoms with Gasteiger partial charge in [-0.3, -0.25) is 5.10 Å². The topological polar surface area (TPSA) is 72.9 Å². The van der Waals surface area contributed by atoms with E-state index >= 15 is 0 Å². The van der Waals surface area contributed by atoms with Gasteiger partial charge in [-0.2, -0.15) is 5.10 Å².